The second-order valence-corrected chi connectivity index (χ2v) is 7.00. The number of carbonyl (C=O) groups is 1. The monoisotopic (exact) mass is 403 g/mol. The fourth-order valence-electron chi connectivity index (χ4n) is 4.30. The van der Waals surface area contributed by atoms with Crippen LogP contribution in [0.4, 0.5) is 5.82 Å². The van der Waals surface area contributed by atoms with Gasteiger partial charge in [0.15, 0.2) is 17.3 Å². The van der Waals surface area contributed by atoms with E-state index in [1.807, 2.05) is 12.1 Å². The average Bonchev–Trinajstić information content (AvgIpc) is 3.03. The van der Waals surface area contributed by atoms with Crippen molar-refractivity contribution in [2.75, 3.05) is 19.5 Å². The van der Waals surface area contributed by atoms with E-state index in [1.165, 1.54) is 14.2 Å². The van der Waals surface area contributed by atoms with Gasteiger partial charge in [-0.15, -0.1) is 0 Å². The van der Waals surface area contributed by atoms with Gasteiger partial charge < -0.3 is 14.8 Å². The van der Waals surface area contributed by atoms with Crippen molar-refractivity contribution in [3.63, 3.8) is 0 Å². The highest BCUT2D eigenvalue weighted by Gasteiger charge is 2.43. The molecule has 1 atom stereocenters. The smallest absolute Gasteiger partial charge is 0.327 e. The van der Waals surface area contributed by atoms with Gasteiger partial charge in [0.1, 0.15) is 5.82 Å². The van der Waals surface area contributed by atoms with Crippen LogP contribution < -0.4 is 26.0 Å². The number of aromatic amines is 2. The molecule has 0 bridgehead atoms. The Morgan fingerprint density at radius 3 is 2.37 bits per heavy atom. The van der Waals surface area contributed by atoms with Crippen LogP contribution >= 0.6 is 0 Å². The number of H-pyrrole nitrogens is 2. The molecule has 2 aliphatic rings. The predicted molar refractivity (Wildman–Crippen MR) is 110 cm³/mol. The van der Waals surface area contributed by atoms with Gasteiger partial charge >= 0.3 is 5.69 Å². The Hall–Kier alpha value is -4.07. The third-order valence-electron chi connectivity index (χ3n) is 5.51. The molecule has 0 spiro atoms. The summed E-state index contributed by atoms with van der Waals surface area (Å²) >= 11 is 0. The van der Waals surface area contributed by atoms with Crippen molar-refractivity contribution in [2.24, 2.45) is 0 Å². The summed E-state index contributed by atoms with van der Waals surface area (Å²) in [6.07, 6.45) is 0. The summed E-state index contributed by atoms with van der Waals surface area (Å²) in [4.78, 5) is 43.1. The number of benzene rings is 2. The van der Waals surface area contributed by atoms with Crippen LogP contribution in [0.2, 0.25) is 0 Å². The molecule has 1 aliphatic heterocycles. The maximum Gasteiger partial charge on any atom is 0.327 e. The molecule has 30 heavy (non-hydrogen) atoms. The number of carbonyl (C=O) groups excluding carboxylic acids is 1. The molecule has 1 aromatic heterocycles. The average molecular weight is 403 g/mol. The number of anilines is 1. The predicted octanol–water partition coefficient (Wildman–Crippen LogP) is 2.25. The Morgan fingerprint density at radius 1 is 0.867 bits per heavy atom. The number of hydrogen-bond donors (Lipinski definition) is 3. The van der Waals surface area contributed by atoms with Crippen LogP contribution in [0.5, 0.6) is 11.5 Å². The van der Waals surface area contributed by atoms with Crippen molar-refractivity contribution in [3.8, 4) is 11.5 Å². The third-order valence-corrected chi connectivity index (χ3v) is 5.51. The van der Waals surface area contributed by atoms with E-state index in [0.29, 0.717) is 33.9 Å². The second kappa shape index (κ2) is 6.48. The molecule has 5 rings (SSSR count). The topological polar surface area (TPSA) is 113 Å². The first-order chi connectivity index (χ1) is 14.5. The van der Waals surface area contributed by atoms with E-state index in [9.17, 15) is 14.4 Å². The molecule has 3 N–H and O–H groups in total. The van der Waals surface area contributed by atoms with E-state index in [2.05, 4.69) is 15.3 Å². The molecule has 0 fully saturated rings. The van der Waals surface area contributed by atoms with Gasteiger partial charge in [-0.05, 0) is 6.07 Å². The molecular formula is C22H17N3O5. The van der Waals surface area contributed by atoms with E-state index in [0.717, 1.165) is 5.56 Å². The quantitative estimate of drug-likeness (QED) is 0.618. The Morgan fingerprint density at radius 2 is 1.63 bits per heavy atom. The zero-order chi connectivity index (χ0) is 21.0. The molecule has 150 valence electrons. The van der Waals surface area contributed by atoms with Crippen molar-refractivity contribution in [2.45, 2.75) is 5.92 Å². The lowest BCUT2D eigenvalue weighted by molar-refractivity contribution is 0.103. The Kier molecular flexibility index (Phi) is 3.89. The summed E-state index contributed by atoms with van der Waals surface area (Å²) < 4.78 is 11.0. The molecule has 8 heteroatoms. The number of rotatable bonds is 3. The standard InChI is InChI=1S/C22H17N3O5/c1-29-13-9-5-8-12(19(13)30-2)14-15-17(10-6-3-4-7-11(10)18(15)26)23-20-16(14)21(27)25-22(28)24-20/h3-9,14H,1-2H3,(H3,23,24,25,27,28)/t14-/m0/s1. The number of ketones is 1. The minimum atomic E-state index is -0.762. The summed E-state index contributed by atoms with van der Waals surface area (Å²) in [7, 11) is 3.02. The van der Waals surface area contributed by atoms with Gasteiger partial charge in [-0.3, -0.25) is 19.6 Å². The first-order valence-corrected chi connectivity index (χ1v) is 9.27. The molecule has 0 radical (unpaired) electrons. The van der Waals surface area contributed by atoms with Crippen LogP contribution in [0, 0.1) is 0 Å². The maximum atomic E-state index is 13.4. The summed E-state index contributed by atoms with van der Waals surface area (Å²) in [6.45, 7) is 0. The molecule has 0 amide bonds. The SMILES string of the molecule is COc1cccc([C@H]2C3=C(Nc4[nH]c(=O)[nH]c(=O)c42)c2ccccc2C3=O)c1OC. The van der Waals surface area contributed by atoms with Gasteiger partial charge in [0.2, 0.25) is 0 Å². The minimum Gasteiger partial charge on any atom is -0.493 e. The lowest BCUT2D eigenvalue weighted by Crippen LogP contribution is -2.33. The van der Waals surface area contributed by atoms with Gasteiger partial charge in [-0.2, -0.15) is 0 Å². The van der Waals surface area contributed by atoms with Crippen LogP contribution in [-0.2, 0) is 0 Å². The Balaban J connectivity index is 1.87. The highest BCUT2D eigenvalue weighted by atomic mass is 16.5. The van der Waals surface area contributed by atoms with Gasteiger partial charge in [0.25, 0.3) is 5.56 Å². The van der Waals surface area contributed by atoms with Crippen molar-refractivity contribution >= 4 is 17.3 Å². The number of ether oxygens (including phenoxy) is 2. The molecular weight excluding hydrogens is 386 g/mol. The van der Waals surface area contributed by atoms with Crippen LogP contribution in [0.25, 0.3) is 5.70 Å². The van der Waals surface area contributed by atoms with Crippen molar-refractivity contribution in [1.29, 1.82) is 0 Å². The summed E-state index contributed by atoms with van der Waals surface area (Å²) in [5.41, 5.74) is 1.86. The van der Waals surface area contributed by atoms with Gasteiger partial charge in [0.05, 0.1) is 31.4 Å². The van der Waals surface area contributed by atoms with E-state index < -0.39 is 17.2 Å². The number of fused-ring (bicyclic) bond motifs is 3. The third kappa shape index (κ3) is 2.37. The van der Waals surface area contributed by atoms with Crippen LogP contribution in [0.15, 0.2) is 57.6 Å². The highest BCUT2D eigenvalue weighted by molar-refractivity contribution is 6.23. The zero-order valence-electron chi connectivity index (χ0n) is 16.2. The Labute approximate surface area is 170 Å². The van der Waals surface area contributed by atoms with Gasteiger partial charge in [-0.25, -0.2) is 4.79 Å². The van der Waals surface area contributed by atoms with Gasteiger partial charge in [0, 0.05) is 22.3 Å². The molecule has 1 aliphatic carbocycles. The number of methoxy groups -OCH3 is 2. The second-order valence-electron chi connectivity index (χ2n) is 7.00. The minimum absolute atomic E-state index is 0.181. The number of allylic oxidation sites excluding steroid dienone is 1. The normalized spacial score (nSPS) is 16.5. The van der Waals surface area contributed by atoms with Crippen molar-refractivity contribution in [3.05, 3.63) is 91.1 Å². The zero-order valence-corrected chi connectivity index (χ0v) is 16.2. The lowest BCUT2D eigenvalue weighted by Gasteiger charge is -2.28. The Bertz CT molecular complexity index is 1370. The number of hydrogen-bond acceptors (Lipinski definition) is 6. The van der Waals surface area contributed by atoms with E-state index in [-0.39, 0.29) is 17.2 Å². The van der Waals surface area contributed by atoms with Gasteiger partial charge in [-0.1, -0.05) is 36.4 Å². The summed E-state index contributed by atoms with van der Waals surface area (Å²) in [5.74, 6) is 0.197. The maximum absolute atomic E-state index is 13.4. The number of para-hydroxylation sites is 1. The summed E-state index contributed by atoms with van der Waals surface area (Å²) in [5, 5.41) is 3.10. The fourth-order valence-corrected chi connectivity index (χ4v) is 4.30. The molecule has 0 saturated carbocycles. The molecule has 0 unspecified atom stereocenters. The molecule has 0 saturated heterocycles. The first-order valence-electron chi connectivity index (χ1n) is 9.27. The van der Waals surface area contributed by atoms with E-state index in [1.54, 1.807) is 30.3 Å². The van der Waals surface area contributed by atoms with Crippen LogP contribution in [0.1, 0.15) is 33.0 Å². The van der Waals surface area contributed by atoms with Crippen LogP contribution in [-0.4, -0.2) is 30.0 Å². The lowest BCUT2D eigenvalue weighted by atomic mass is 9.81. The number of aromatic nitrogens is 2. The molecule has 8 nitrogen and oxygen atoms in total. The highest BCUT2D eigenvalue weighted by Crippen LogP contribution is 2.50. The fraction of sp³-hybridized carbons (Fsp3) is 0.136. The molecule has 2 heterocycles. The van der Waals surface area contributed by atoms with Crippen molar-refractivity contribution < 1.29 is 14.3 Å². The molecule has 3 aromatic rings. The van der Waals surface area contributed by atoms with E-state index >= 15 is 0 Å². The first kappa shape index (κ1) is 18.0. The van der Waals surface area contributed by atoms with Crippen molar-refractivity contribution in [1.82, 2.24) is 9.97 Å². The van der Waals surface area contributed by atoms with E-state index in [4.69, 9.17) is 9.47 Å². The van der Waals surface area contributed by atoms with Crippen LogP contribution in [0.3, 0.4) is 0 Å². The number of nitrogens with one attached hydrogen (secondary N) is 3. The number of Topliss-reactive ketones (excluding diaryl/α,β-unsaturated/α-hetero) is 1. The molecule has 2 aromatic carbocycles. The largest absolute Gasteiger partial charge is 0.493 e. The summed E-state index contributed by atoms with van der Waals surface area (Å²) in [6, 6.07) is 12.5.